The van der Waals surface area contributed by atoms with Gasteiger partial charge >= 0.3 is 0 Å². The molecule has 0 aromatic heterocycles. The molecule has 0 heterocycles. The molecule has 88 valence electrons. The topological polar surface area (TPSA) is 32.3 Å². The molecule has 16 heavy (non-hydrogen) atoms. The number of hydrogen-bond donors (Lipinski definition) is 2. The smallest absolute Gasteiger partial charge is 0.115 e. The molecule has 2 N–H and O–H groups in total. The Morgan fingerprint density at radius 2 is 2.12 bits per heavy atom. The highest BCUT2D eigenvalue weighted by Gasteiger charge is 2.44. The second-order valence-corrected chi connectivity index (χ2v) is 5.29. The fraction of sp³-hybridized carbons (Fsp3) is 0.571. The van der Waals surface area contributed by atoms with Crippen molar-refractivity contribution in [3.05, 3.63) is 29.8 Å². The van der Waals surface area contributed by atoms with Crippen molar-refractivity contribution >= 4 is 0 Å². The zero-order chi connectivity index (χ0) is 11.6. The number of benzene rings is 1. The average molecular weight is 219 g/mol. The first-order valence-corrected chi connectivity index (χ1v) is 6.11. The van der Waals surface area contributed by atoms with Crippen molar-refractivity contribution in [1.82, 2.24) is 5.32 Å². The Kier molecular flexibility index (Phi) is 3.20. The van der Waals surface area contributed by atoms with Crippen molar-refractivity contribution < 1.29 is 5.11 Å². The lowest BCUT2D eigenvalue weighted by Crippen LogP contribution is -2.27. The molecule has 0 saturated heterocycles. The van der Waals surface area contributed by atoms with E-state index in [1.165, 1.54) is 12.8 Å². The molecule has 1 fully saturated rings. The summed E-state index contributed by atoms with van der Waals surface area (Å²) < 4.78 is 0. The van der Waals surface area contributed by atoms with Crippen molar-refractivity contribution in [2.45, 2.75) is 33.2 Å². The third-order valence-electron chi connectivity index (χ3n) is 3.83. The second-order valence-electron chi connectivity index (χ2n) is 5.29. The van der Waals surface area contributed by atoms with Gasteiger partial charge in [-0.05, 0) is 41.9 Å². The minimum absolute atomic E-state index is 0.351. The van der Waals surface area contributed by atoms with Crippen LogP contribution in [0.4, 0.5) is 0 Å². The fourth-order valence-corrected chi connectivity index (χ4v) is 2.24. The summed E-state index contributed by atoms with van der Waals surface area (Å²) in [5.41, 5.74) is 1.70. The summed E-state index contributed by atoms with van der Waals surface area (Å²) in [6.45, 7) is 6.56. The van der Waals surface area contributed by atoms with Crippen molar-refractivity contribution in [1.29, 1.82) is 0 Å². The maximum Gasteiger partial charge on any atom is 0.115 e. The van der Waals surface area contributed by atoms with Crippen LogP contribution in [0.15, 0.2) is 24.3 Å². The molecule has 0 amide bonds. The Balaban J connectivity index is 1.80. The fourth-order valence-electron chi connectivity index (χ4n) is 2.24. The molecule has 1 saturated carbocycles. The van der Waals surface area contributed by atoms with Gasteiger partial charge in [0.25, 0.3) is 0 Å². The highest BCUT2D eigenvalue weighted by atomic mass is 16.3. The van der Waals surface area contributed by atoms with Gasteiger partial charge in [-0.3, -0.25) is 0 Å². The molecule has 0 atom stereocenters. The molecule has 0 radical (unpaired) electrons. The van der Waals surface area contributed by atoms with Crippen LogP contribution in [0.3, 0.4) is 0 Å². The van der Waals surface area contributed by atoms with Gasteiger partial charge in [0, 0.05) is 13.1 Å². The first-order chi connectivity index (χ1) is 7.62. The maximum atomic E-state index is 9.35. The molecule has 1 aromatic rings. The third kappa shape index (κ3) is 2.56. The Morgan fingerprint density at radius 1 is 1.38 bits per heavy atom. The third-order valence-corrected chi connectivity index (χ3v) is 3.83. The largest absolute Gasteiger partial charge is 0.508 e. The number of hydrogen-bond acceptors (Lipinski definition) is 2. The van der Waals surface area contributed by atoms with Crippen LogP contribution in [0.1, 0.15) is 32.3 Å². The molecule has 1 aromatic carbocycles. The van der Waals surface area contributed by atoms with Crippen LogP contribution < -0.4 is 5.32 Å². The summed E-state index contributed by atoms with van der Waals surface area (Å²) in [4.78, 5) is 0. The number of aromatic hydroxyl groups is 1. The maximum absolute atomic E-state index is 9.35. The molecule has 0 unspecified atom stereocenters. The van der Waals surface area contributed by atoms with E-state index in [0.717, 1.165) is 24.6 Å². The van der Waals surface area contributed by atoms with Crippen molar-refractivity contribution in [3.8, 4) is 5.75 Å². The molecule has 2 rings (SSSR count). The minimum Gasteiger partial charge on any atom is -0.508 e. The van der Waals surface area contributed by atoms with Crippen LogP contribution in [0.2, 0.25) is 0 Å². The summed E-state index contributed by atoms with van der Waals surface area (Å²) in [7, 11) is 0. The lowest BCUT2D eigenvalue weighted by molar-refractivity contribution is 0.337. The van der Waals surface area contributed by atoms with E-state index in [1.807, 2.05) is 18.2 Å². The normalized spacial score (nSPS) is 17.7. The van der Waals surface area contributed by atoms with E-state index >= 15 is 0 Å². The lowest BCUT2D eigenvalue weighted by atomic mass is 9.92. The van der Waals surface area contributed by atoms with E-state index in [1.54, 1.807) is 6.07 Å². The summed E-state index contributed by atoms with van der Waals surface area (Å²) >= 11 is 0. The summed E-state index contributed by atoms with van der Waals surface area (Å²) in [6.07, 6.45) is 2.72. The Bertz CT molecular complexity index is 356. The van der Waals surface area contributed by atoms with Crippen LogP contribution in [-0.2, 0) is 6.54 Å². The van der Waals surface area contributed by atoms with Crippen molar-refractivity contribution in [3.63, 3.8) is 0 Å². The van der Waals surface area contributed by atoms with Gasteiger partial charge in [-0.2, -0.15) is 0 Å². The zero-order valence-electron chi connectivity index (χ0n) is 10.2. The van der Waals surface area contributed by atoms with E-state index in [-0.39, 0.29) is 0 Å². The Morgan fingerprint density at radius 3 is 2.69 bits per heavy atom. The molecule has 2 nitrogen and oxygen atoms in total. The van der Waals surface area contributed by atoms with Gasteiger partial charge < -0.3 is 10.4 Å². The first-order valence-electron chi connectivity index (χ1n) is 6.11. The molecule has 2 heteroatoms. The highest BCUT2D eigenvalue weighted by molar-refractivity contribution is 5.26. The van der Waals surface area contributed by atoms with E-state index in [9.17, 15) is 5.11 Å². The molecule has 0 spiro atoms. The predicted molar refractivity (Wildman–Crippen MR) is 66.3 cm³/mol. The second kappa shape index (κ2) is 4.46. The molecular weight excluding hydrogens is 198 g/mol. The van der Waals surface area contributed by atoms with Gasteiger partial charge in [0.2, 0.25) is 0 Å². The number of phenolic OH excluding ortho intramolecular Hbond substituents is 1. The zero-order valence-corrected chi connectivity index (χ0v) is 10.2. The van der Waals surface area contributed by atoms with Crippen LogP contribution in [-0.4, -0.2) is 11.7 Å². The molecule has 0 aliphatic heterocycles. The highest BCUT2D eigenvalue weighted by Crippen LogP contribution is 2.51. The summed E-state index contributed by atoms with van der Waals surface area (Å²) in [5.74, 6) is 1.12. The van der Waals surface area contributed by atoms with Gasteiger partial charge in [-0.15, -0.1) is 0 Å². The summed E-state index contributed by atoms with van der Waals surface area (Å²) in [5, 5.41) is 12.8. The number of phenols is 1. The average Bonchev–Trinajstić information content (AvgIpc) is 2.99. The monoisotopic (exact) mass is 219 g/mol. The minimum atomic E-state index is 0.351. The van der Waals surface area contributed by atoms with E-state index < -0.39 is 0 Å². The van der Waals surface area contributed by atoms with Gasteiger partial charge in [-0.1, -0.05) is 26.0 Å². The molecule has 1 aliphatic carbocycles. The van der Waals surface area contributed by atoms with Crippen LogP contribution in [0.25, 0.3) is 0 Å². The Hall–Kier alpha value is -1.02. The number of rotatable bonds is 5. The Labute approximate surface area is 97.7 Å². The van der Waals surface area contributed by atoms with Crippen LogP contribution in [0, 0.1) is 11.3 Å². The molecular formula is C14H21NO. The van der Waals surface area contributed by atoms with E-state index in [2.05, 4.69) is 19.2 Å². The van der Waals surface area contributed by atoms with Gasteiger partial charge in [-0.25, -0.2) is 0 Å². The van der Waals surface area contributed by atoms with Crippen LogP contribution in [0.5, 0.6) is 5.75 Å². The molecule has 0 bridgehead atoms. The lowest BCUT2D eigenvalue weighted by Gasteiger charge is -2.20. The van der Waals surface area contributed by atoms with E-state index in [4.69, 9.17) is 0 Å². The SMILES string of the molecule is CC(C)C1(CNCc2cccc(O)c2)CC1. The molecule has 1 aliphatic rings. The van der Waals surface area contributed by atoms with E-state index in [0.29, 0.717) is 11.2 Å². The van der Waals surface area contributed by atoms with Crippen molar-refractivity contribution in [2.75, 3.05) is 6.54 Å². The number of nitrogens with one attached hydrogen (secondary N) is 1. The van der Waals surface area contributed by atoms with Crippen LogP contribution >= 0.6 is 0 Å². The van der Waals surface area contributed by atoms with Gasteiger partial charge in [0.1, 0.15) is 5.75 Å². The summed E-state index contributed by atoms with van der Waals surface area (Å²) in [6, 6.07) is 7.46. The van der Waals surface area contributed by atoms with Crippen molar-refractivity contribution in [2.24, 2.45) is 11.3 Å². The quantitative estimate of drug-likeness (QED) is 0.798. The first kappa shape index (κ1) is 11.5. The predicted octanol–water partition coefficient (Wildman–Crippen LogP) is 2.92. The van der Waals surface area contributed by atoms with Gasteiger partial charge in [0.15, 0.2) is 0 Å². The van der Waals surface area contributed by atoms with Gasteiger partial charge in [0.05, 0.1) is 0 Å². The standard InChI is InChI=1S/C14H21NO/c1-11(2)14(6-7-14)10-15-9-12-4-3-5-13(16)8-12/h3-5,8,11,15-16H,6-7,9-10H2,1-2H3.